The summed E-state index contributed by atoms with van der Waals surface area (Å²) < 4.78 is 0. The second-order valence-corrected chi connectivity index (χ2v) is 6.84. The van der Waals surface area contributed by atoms with Crippen molar-refractivity contribution in [1.29, 1.82) is 0 Å². The smallest absolute Gasteiger partial charge is 0.233 e. The lowest BCUT2D eigenvalue weighted by Gasteiger charge is -2.16. The number of nitrogens with one attached hydrogen (secondary N) is 1. The van der Waals surface area contributed by atoms with Gasteiger partial charge in [-0.05, 0) is 23.8 Å². The molecule has 0 aromatic heterocycles. The molecule has 2 bridgehead atoms. The molecule has 5 heteroatoms. The van der Waals surface area contributed by atoms with Crippen LogP contribution in [0.3, 0.4) is 0 Å². The zero-order valence-electron chi connectivity index (χ0n) is 13.4. The molecule has 2 aliphatic carbocycles. The van der Waals surface area contributed by atoms with Crippen LogP contribution >= 0.6 is 0 Å². The van der Waals surface area contributed by atoms with E-state index in [1.807, 2.05) is 30.3 Å². The van der Waals surface area contributed by atoms with E-state index in [1.165, 1.54) is 4.90 Å². The summed E-state index contributed by atoms with van der Waals surface area (Å²) in [5.41, 5.74) is 1.02. The van der Waals surface area contributed by atoms with Gasteiger partial charge in [-0.1, -0.05) is 42.5 Å². The van der Waals surface area contributed by atoms with Crippen molar-refractivity contribution < 1.29 is 14.4 Å². The molecule has 124 valence electrons. The number of hydrogen-bond acceptors (Lipinski definition) is 3. The van der Waals surface area contributed by atoms with Crippen molar-refractivity contribution in [3.63, 3.8) is 0 Å². The van der Waals surface area contributed by atoms with E-state index >= 15 is 0 Å². The summed E-state index contributed by atoms with van der Waals surface area (Å²) >= 11 is 0. The summed E-state index contributed by atoms with van der Waals surface area (Å²) in [4.78, 5) is 38.3. The first-order valence-corrected chi connectivity index (χ1v) is 8.49. The Balaban J connectivity index is 1.31. The molecule has 1 aromatic rings. The number of rotatable bonds is 5. The molecule has 4 atom stereocenters. The van der Waals surface area contributed by atoms with Gasteiger partial charge in [0.25, 0.3) is 0 Å². The van der Waals surface area contributed by atoms with Gasteiger partial charge in [0.2, 0.25) is 17.7 Å². The Morgan fingerprint density at radius 1 is 1.04 bits per heavy atom. The number of allylic oxidation sites excluding steroid dienone is 2. The van der Waals surface area contributed by atoms with Gasteiger partial charge in [-0.15, -0.1) is 0 Å². The van der Waals surface area contributed by atoms with Crippen LogP contribution in [-0.4, -0.2) is 29.2 Å². The summed E-state index contributed by atoms with van der Waals surface area (Å²) in [6, 6.07) is 9.65. The van der Waals surface area contributed by atoms with Gasteiger partial charge in [0.15, 0.2) is 0 Å². The average Bonchev–Trinajstić information content (AvgIpc) is 3.27. The van der Waals surface area contributed by atoms with Crippen LogP contribution in [0.4, 0.5) is 0 Å². The minimum atomic E-state index is -0.181. The zero-order valence-corrected chi connectivity index (χ0v) is 13.4. The molecule has 1 N–H and O–H groups in total. The van der Waals surface area contributed by atoms with Crippen molar-refractivity contribution in [2.45, 2.75) is 19.4 Å². The fraction of sp³-hybridized carbons (Fsp3) is 0.421. The first-order valence-electron chi connectivity index (χ1n) is 8.49. The highest BCUT2D eigenvalue weighted by Gasteiger charge is 2.58. The summed E-state index contributed by atoms with van der Waals surface area (Å²) in [6.45, 7) is 0.644. The lowest BCUT2D eigenvalue weighted by Crippen LogP contribution is -2.36. The van der Waals surface area contributed by atoms with Crippen molar-refractivity contribution in [3.05, 3.63) is 48.0 Å². The fourth-order valence-electron chi connectivity index (χ4n) is 4.28. The number of likely N-dealkylation sites (tertiary alicyclic amines) is 1. The van der Waals surface area contributed by atoms with Crippen LogP contribution in [0, 0.1) is 23.7 Å². The monoisotopic (exact) mass is 324 g/mol. The van der Waals surface area contributed by atoms with Crippen LogP contribution in [0.5, 0.6) is 0 Å². The Morgan fingerprint density at radius 2 is 1.67 bits per heavy atom. The number of hydrogen-bond donors (Lipinski definition) is 1. The summed E-state index contributed by atoms with van der Waals surface area (Å²) in [5, 5.41) is 2.83. The highest BCUT2D eigenvalue weighted by molar-refractivity contribution is 6.06. The molecule has 3 amide bonds. The molecule has 1 aromatic carbocycles. The van der Waals surface area contributed by atoms with Gasteiger partial charge in [0, 0.05) is 19.5 Å². The normalized spacial score (nSPS) is 30.1. The third-order valence-electron chi connectivity index (χ3n) is 5.46. The van der Waals surface area contributed by atoms with Crippen LogP contribution < -0.4 is 5.32 Å². The van der Waals surface area contributed by atoms with Crippen molar-refractivity contribution in [2.75, 3.05) is 6.54 Å². The molecule has 1 aliphatic heterocycles. The van der Waals surface area contributed by atoms with Crippen molar-refractivity contribution in [2.24, 2.45) is 23.7 Å². The average molecular weight is 324 g/mol. The molecule has 5 nitrogen and oxygen atoms in total. The predicted octanol–water partition coefficient (Wildman–Crippen LogP) is 1.50. The molecule has 2 fully saturated rings. The molecule has 24 heavy (non-hydrogen) atoms. The van der Waals surface area contributed by atoms with E-state index in [4.69, 9.17) is 0 Å². The summed E-state index contributed by atoms with van der Waals surface area (Å²) in [6.07, 6.45) is 5.24. The van der Waals surface area contributed by atoms with E-state index in [2.05, 4.69) is 17.5 Å². The molecular formula is C19H20N2O3. The van der Waals surface area contributed by atoms with E-state index < -0.39 is 0 Å². The molecule has 1 saturated carbocycles. The van der Waals surface area contributed by atoms with Gasteiger partial charge < -0.3 is 5.32 Å². The Labute approximate surface area is 140 Å². The number of fused-ring (bicyclic) bond motifs is 5. The largest absolute Gasteiger partial charge is 0.352 e. The number of amides is 3. The third-order valence-corrected chi connectivity index (χ3v) is 5.46. The molecule has 1 heterocycles. The van der Waals surface area contributed by atoms with Gasteiger partial charge >= 0.3 is 0 Å². The molecule has 0 unspecified atom stereocenters. The van der Waals surface area contributed by atoms with Gasteiger partial charge in [-0.25, -0.2) is 0 Å². The van der Waals surface area contributed by atoms with Crippen molar-refractivity contribution in [3.8, 4) is 0 Å². The van der Waals surface area contributed by atoms with Crippen LogP contribution in [0.1, 0.15) is 18.4 Å². The maximum atomic E-state index is 12.5. The Bertz CT molecular complexity index is 683. The molecule has 3 aliphatic rings. The highest BCUT2D eigenvalue weighted by atomic mass is 16.2. The van der Waals surface area contributed by atoms with Crippen LogP contribution in [0.25, 0.3) is 0 Å². The third kappa shape index (κ3) is 2.44. The number of benzene rings is 1. The topological polar surface area (TPSA) is 66.5 Å². The second-order valence-electron chi connectivity index (χ2n) is 6.84. The number of nitrogens with zero attached hydrogens (tertiary/aromatic N) is 1. The van der Waals surface area contributed by atoms with E-state index in [9.17, 15) is 14.4 Å². The van der Waals surface area contributed by atoms with Crippen molar-refractivity contribution in [1.82, 2.24) is 10.2 Å². The Hall–Kier alpha value is -2.43. The van der Waals surface area contributed by atoms with Crippen LogP contribution in [0.2, 0.25) is 0 Å². The SMILES string of the molecule is O=C(CCN1C(=O)[C@@H]2[C@H](C1=O)[C@H]1C=C[C@H]2C1)NCc1ccccc1. The molecular weight excluding hydrogens is 304 g/mol. The predicted molar refractivity (Wildman–Crippen MR) is 87.3 cm³/mol. The van der Waals surface area contributed by atoms with Crippen LogP contribution in [0.15, 0.2) is 42.5 Å². The van der Waals surface area contributed by atoms with E-state index in [0.29, 0.717) is 6.54 Å². The Kier molecular flexibility index (Phi) is 3.71. The van der Waals surface area contributed by atoms with Crippen LogP contribution in [-0.2, 0) is 20.9 Å². The molecule has 4 rings (SSSR count). The molecule has 0 radical (unpaired) electrons. The first-order chi connectivity index (χ1) is 11.6. The van der Waals surface area contributed by atoms with E-state index in [1.54, 1.807) is 0 Å². The first kappa shape index (κ1) is 15.1. The summed E-state index contributed by atoms with van der Waals surface area (Å²) in [7, 11) is 0. The highest BCUT2D eigenvalue weighted by Crippen LogP contribution is 2.52. The molecule has 0 spiro atoms. The molecule has 1 saturated heterocycles. The summed E-state index contributed by atoms with van der Waals surface area (Å²) in [5.74, 6) is -0.241. The lowest BCUT2D eigenvalue weighted by molar-refractivity contribution is -0.141. The fourth-order valence-corrected chi connectivity index (χ4v) is 4.28. The lowest BCUT2D eigenvalue weighted by atomic mass is 9.85. The van der Waals surface area contributed by atoms with E-state index in [0.717, 1.165) is 12.0 Å². The second kappa shape index (κ2) is 5.89. The minimum Gasteiger partial charge on any atom is -0.352 e. The maximum absolute atomic E-state index is 12.5. The van der Waals surface area contributed by atoms with E-state index in [-0.39, 0.29) is 54.4 Å². The van der Waals surface area contributed by atoms with Gasteiger partial charge in [-0.2, -0.15) is 0 Å². The van der Waals surface area contributed by atoms with Crippen molar-refractivity contribution >= 4 is 17.7 Å². The number of carbonyl (C=O) groups excluding carboxylic acids is 3. The van der Waals surface area contributed by atoms with Gasteiger partial charge in [-0.3, -0.25) is 19.3 Å². The quantitative estimate of drug-likeness (QED) is 0.659. The minimum absolute atomic E-state index is 0.0855. The van der Waals surface area contributed by atoms with Gasteiger partial charge in [0.1, 0.15) is 0 Å². The maximum Gasteiger partial charge on any atom is 0.233 e. The Morgan fingerprint density at radius 3 is 2.29 bits per heavy atom. The number of carbonyl (C=O) groups is 3. The number of imide groups is 1. The standard InChI is InChI=1S/C19H20N2O3/c22-15(20-11-12-4-2-1-3-5-12)8-9-21-18(23)16-13-6-7-14(10-13)17(16)19(21)24/h1-7,13-14,16-17H,8-11H2,(H,20,22)/t13-,14-,16-,17+/m0/s1. The zero-order chi connectivity index (χ0) is 16.7. The van der Waals surface area contributed by atoms with Gasteiger partial charge in [0.05, 0.1) is 11.8 Å².